The summed E-state index contributed by atoms with van der Waals surface area (Å²) in [5.74, 6) is 0. The lowest BCUT2D eigenvalue weighted by Crippen LogP contribution is -2.47. The van der Waals surface area contributed by atoms with E-state index < -0.39 is 18.5 Å². The molecule has 0 aromatic carbocycles. The quantitative estimate of drug-likeness (QED) is 0.385. The minimum Gasteiger partial charge on any atom is -0.402 e. The average molecular weight is 220 g/mol. The fourth-order valence-electron chi connectivity index (χ4n) is 0.444. The second-order valence-electron chi connectivity index (χ2n) is 4.02. The fraction of sp³-hybridized carbons (Fsp3) is 0.778. The van der Waals surface area contributed by atoms with E-state index in [1.165, 1.54) is 0 Å². The zero-order chi connectivity index (χ0) is 12.7. The Labute approximate surface area is 91.2 Å². The standard InChI is InChI=1S/C9H18O2.BH3O3/c1-6-7-11-9(4,5)8(2,3)10;2-1(3)4/h6,10H,1,7H2,2-5H3;2-4H. The van der Waals surface area contributed by atoms with Crippen molar-refractivity contribution in [3.05, 3.63) is 12.7 Å². The second-order valence-corrected chi connectivity index (χ2v) is 4.02. The van der Waals surface area contributed by atoms with Crippen LogP contribution in [0.4, 0.5) is 0 Å². The summed E-state index contributed by atoms with van der Waals surface area (Å²) >= 11 is 0. The van der Waals surface area contributed by atoms with Gasteiger partial charge >= 0.3 is 7.32 Å². The molecule has 0 amide bonds. The molecule has 0 aliphatic rings. The molecule has 0 aliphatic heterocycles. The molecule has 5 nitrogen and oxygen atoms in total. The molecule has 0 atom stereocenters. The average Bonchev–Trinajstić information content (AvgIpc) is 1.97. The van der Waals surface area contributed by atoms with Crippen LogP contribution in [0.2, 0.25) is 0 Å². The van der Waals surface area contributed by atoms with Crippen molar-refractivity contribution in [2.45, 2.75) is 38.9 Å². The van der Waals surface area contributed by atoms with Crippen LogP contribution in [0.3, 0.4) is 0 Å². The zero-order valence-electron chi connectivity index (χ0n) is 9.77. The van der Waals surface area contributed by atoms with E-state index in [1.807, 2.05) is 13.8 Å². The molecular weight excluding hydrogens is 199 g/mol. The topological polar surface area (TPSA) is 90.2 Å². The Morgan fingerprint density at radius 3 is 1.73 bits per heavy atom. The van der Waals surface area contributed by atoms with Crippen molar-refractivity contribution >= 4 is 7.32 Å². The van der Waals surface area contributed by atoms with Crippen molar-refractivity contribution in [2.75, 3.05) is 6.61 Å². The molecule has 0 bridgehead atoms. The van der Waals surface area contributed by atoms with E-state index in [1.54, 1.807) is 19.9 Å². The maximum atomic E-state index is 9.61. The van der Waals surface area contributed by atoms with Crippen LogP contribution >= 0.6 is 0 Å². The first-order valence-corrected chi connectivity index (χ1v) is 4.56. The monoisotopic (exact) mass is 220 g/mol. The van der Waals surface area contributed by atoms with Crippen molar-refractivity contribution in [2.24, 2.45) is 0 Å². The Morgan fingerprint density at radius 2 is 1.53 bits per heavy atom. The molecule has 0 spiro atoms. The normalized spacial score (nSPS) is 11.5. The lowest BCUT2D eigenvalue weighted by Gasteiger charge is -2.36. The predicted octanol–water partition coefficient (Wildman–Crippen LogP) is -0.313. The van der Waals surface area contributed by atoms with Crippen LogP contribution in [0, 0.1) is 0 Å². The Hall–Kier alpha value is -0.395. The minimum atomic E-state index is -2.17. The highest BCUT2D eigenvalue weighted by atomic mass is 16.5. The summed E-state index contributed by atoms with van der Waals surface area (Å²) in [6.45, 7) is 11.2. The van der Waals surface area contributed by atoms with E-state index in [0.29, 0.717) is 6.61 Å². The van der Waals surface area contributed by atoms with Gasteiger partial charge in [0.15, 0.2) is 0 Å². The van der Waals surface area contributed by atoms with E-state index in [-0.39, 0.29) is 0 Å². The smallest absolute Gasteiger partial charge is 0.402 e. The lowest BCUT2D eigenvalue weighted by atomic mass is 9.89. The van der Waals surface area contributed by atoms with Gasteiger partial charge in [-0.15, -0.1) is 6.58 Å². The largest absolute Gasteiger partial charge is 0.631 e. The van der Waals surface area contributed by atoms with Gasteiger partial charge in [0.1, 0.15) is 0 Å². The highest BCUT2D eigenvalue weighted by molar-refractivity contribution is 6.30. The third-order valence-electron chi connectivity index (χ3n) is 2.04. The molecule has 0 unspecified atom stereocenters. The van der Waals surface area contributed by atoms with E-state index in [9.17, 15) is 5.11 Å². The van der Waals surface area contributed by atoms with Gasteiger partial charge in [-0.05, 0) is 27.7 Å². The van der Waals surface area contributed by atoms with Gasteiger partial charge in [-0.25, -0.2) is 0 Å². The third-order valence-corrected chi connectivity index (χ3v) is 2.04. The Balaban J connectivity index is 0. The molecule has 15 heavy (non-hydrogen) atoms. The highest BCUT2D eigenvalue weighted by Gasteiger charge is 2.35. The first-order valence-electron chi connectivity index (χ1n) is 4.56. The third kappa shape index (κ3) is 9.90. The van der Waals surface area contributed by atoms with Gasteiger partial charge in [0.2, 0.25) is 0 Å². The number of hydrogen-bond acceptors (Lipinski definition) is 5. The highest BCUT2D eigenvalue weighted by Crippen LogP contribution is 2.24. The maximum Gasteiger partial charge on any atom is 0.631 e. The summed E-state index contributed by atoms with van der Waals surface area (Å²) in [5.41, 5.74) is -1.35. The van der Waals surface area contributed by atoms with Crippen molar-refractivity contribution in [3.63, 3.8) is 0 Å². The maximum absolute atomic E-state index is 9.61. The van der Waals surface area contributed by atoms with E-state index in [0.717, 1.165) is 0 Å². The summed E-state index contributed by atoms with van der Waals surface area (Å²) < 4.78 is 5.38. The van der Waals surface area contributed by atoms with Crippen molar-refractivity contribution in [1.29, 1.82) is 0 Å². The van der Waals surface area contributed by atoms with Gasteiger partial charge in [0, 0.05) is 0 Å². The van der Waals surface area contributed by atoms with Crippen LogP contribution in [-0.4, -0.2) is 45.3 Å². The number of ether oxygens (including phenoxy) is 1. The van der Waals surface area contributed by atoms with Gasteiger partial charge in [0.25, 0.3) is 0 Å². The fourth-order valence-corrected chi connectivity index (χ4v) is 0.444. The lowest BCUT2D eigenvalue weighted by molar-refractivity contribution is -0.139. The van der Waals surface area contributed by atoms with Crippen molar-refractivity contribution < 1.29 is 24.9 Å². The molecular formula is C9H21BO5. The summed E-state index contributed by atoms with van der Waals surface area (Å²) in [5, 5.41) is 31.1. The van der Waals surface area contributed by atoms with Crippen LogP contribution in [0.1, 0.15) is 27.7 Å². The molecule has 0 aliphatic carbocycles. The van der Waals surface area contributed by atoms with Crippen LogP contribution in [0.25, 0.3) is 0 Å². The van der Waals surface area contributed by atoms with Crippen LogP contribution < -0.4 is 0 Å². The first kappa shape index (κ1) is 17.0. The van der Waals surface area contributed by atoms with Crippen LogP contribution in [-0.2, 0) is 4.74 Å². The van der Waals surface area contributed by atoms with Gasteiger partial charge in [-0.3, -0.25) is 0 Å². The summed E-state index contributed by atoms with van der Waals surface area (Å²) in [6.07, 6.45) is 1.67. The van der Waals surface area contributed by atoms with E-state index in [2.05, 4.69) is 6.58 Å². The Kier molecular flexibility index (Phi) is 7.91. The van der Waals surface area contributed by atoms with Crippen LogP contribution in [0.5, 0.6) is 0 Å². The van der Waals surface area contributed by atoms with Gasteiger partial charge in [0.05, 0.1) is 17.8 Å². The number of hydrogen-bond donors (Lipinski definition) is 4. The zero-order valence-corrected chi connectivity index (χ0v) is 9.77. The molecule has 0 aromatic rings. The Morgan fingerprint density at radius 1 is 1.20 bits per heavy atom. The molecule has 0 aromatic heterocycles. The molecule has 6 heteroatoms. The molecule has 4 N–H and O–H groups in total. The molecule has 0 fully saturated rings. The van der Waals surface area contributed by atoms with Gasteiger partial charge in [-0.1, -0.05) is 6.08 Å². The number of rotatable bonds is 4. The molecule has 90 valence electrons. The van der Waals surface area contributed by atoms with E-state index >= 15 is 0 Å². The molecule has 0 rings (SSSR count). The van der Waals surface area contributed by atoms with Gasteiger partial charge in [-0.2, -0.15) is 0 Å². The predicted molar refractivity (Wildman–Crippen MR) is 58.9 cm³/mol. The summed E-state index contributed by atoms with van der Waals surface area (Å²) in [7, 11) is -2.17. The minimum absolute atomic E-state index is 0.469. The summed E-state index contributed by atoms with van der Waals surface area (Å²) in [6, 6.07) is 0. The van der Waals surface area contributed by atoms with E-state index in [4.69, 9.17) is 19.8 Å². The van der Waals surface area contributed by atoms with Gasteiger partial charge < -0.3 is 24.9 Å². The summed E-state index contributed by atoms with van der Waals surface area (Å²) in [4.78, 5) is 0. The first-order chi connectivity index (χ1) is 6.54. The molecule has 0 saturated carbocycles. The molecule has 0 radical (unpaired) electrons. The van der Waals surface area contributed by atoms with Crippen molar-refractivity contribution in [1.82, 2.24) is 0 Å². The number of aliphatic hydroxyl groups is 1. The second kappa shape index (κ2) is 6.97. The SMILES string of the molecule is C=CCOC(C)(C)C(C)(C)O.OB(O)O. The van der Waals surface area contributed by atoms with Crippen LogP contribution in [0.15, 0.2) is 12.7 Å². The Bertz CT molecular complexity index is 171. The van der Waals surface area contributed by atoms with Crippen molar-refractivity contribution in [3.8, 4) is 0 Å². The molecule has 0 heterocycles. The molecule has 0 saturated heterocycles.